The van der Waals surface area contributed by atoms with Crippen LogP contribution in [0.1, 0.15) is 24.5 Å². The number of ether oxygens (including phenoxy) is 2. The van der Waals surface area contributed by atoms with E-state index < -0.39 is 0 Å². The van der Waals surface area contributed by atoms with Gasteiger partial charge in [-0.1, -0.05) is 36.4 Å². The van der Waals surface area contributed by atoms with E-state index >= 15 is 0 Å². The molecule has 2 fully saturated rings. The largest absolute Gasteiger partial charge is 0.495 e. The van der Waals surface area contributed by atoms with Crippen molar-refractivity contribution in [2.75, 3.05) is 38.3 Å². The van der Waals surface area contributed by atoms with Crippen LogP contribution < -0.4 is 15.0 Å². The van der Waals surface area contributed by atoms with Crippen LogP contribution >= 0.6 is 0 Å². The van der Waals surface area contributed by atoms with Gasteiger partial charge in [0, 0.05) is 39.1 Å². The molecule has 2 aromatic carbocycles. The molecule has 7 nitrogen and oxygen atoms in total. The summed E-state index contributed by atoms with van der Waals surface area (Å²) in [6.45, 7) is 6.42. The fourth-order valence-electron chi connectivity index (χ4n) is 4.43. The standard InChI is InChI=1S/C25H31N3O4/c1-18-15-27(10-11-32-18)16-20-7-5-6-19(12-20)14-26-25(30)21-13-24(29)28(17-21)22-8-3-4-9-23(22)31-2/h3-9,12,18,21H,10-11,13-17H2,1-2H3,(H,26,30)/t18-,21-/m0/s1. The molecule has 32 heavy (non-hydrogen) atoms. The molecular formula is C25H31N3O4. The molecule has 7 heteroatoms. The van der Waals surface area contributed by atoms with Crippen molar-refractivity contribution in [3.8, 4) is 5.75 Å². The fourth-order valence-corrected chi connectivity index (χ4v) is 4.43. The van der Waals surface area contributed by atoms with Crippen LogP contribution in [0.25, 0.3) is 0 Å². The molecule has 4 rings (SSSR count). The summed E-state index contributed by atoms with van der Waals surface area (Å²) in [6.07, 6.45) is 0.467. The molecule has 0 aliphatic carbocycles. The van der Waals surface area contributed by atoms with E-state index in [0.717, 1.165) is 31.8 Å². The maximum absolute atomic E-state index is 12.8. The van der Waals surface area contributed by atoms with E-state index in [1.54, 1.807) is 12.0 Å². The van der Waals surface area contributed by atoms with E-state index in [1.165, 1.54) is 5.56 Å². The highest BCUT2D eigenvalue weighted by atomic mass is 16.5. The highest BCUT2D eigenvalue weighted by molar-refractivity contribution is 6.01. The van der Waals surface area contributed by atoms with Crippen molar-refractivity contribution in [1.29, 1.82) is 0 Å². The molecule has 2 amide bonds. The molecule has 0 spiro atoms. The molecule has 2 aromatic rings. The monoisotopic (exact) mass is 437 g/mol. The Morgan fingerprint density at radius 1 is 1.16 bits per heavy atom. The molecule has 2 aliphatic heterocycles. The van der Waals surface area contributed by atoms with Gasteiger partial charge in [0.2, 0.25) is 11.8 Å². The summed E-state index contributed by atoms with van der Waals surface area (Å²) in [5.41, 5.74) is 2.99. The zero-order valence-corrected chi connectivity index (χ0v) is 18.8. The van der Waals surface area contributed by atoms with E-state index in [0.29, 0.717) is 24.5 Å². The summed E-state index contributed by atoms with van der Waals surface area (Å²) in [5.74, 6) is 0.110. The molecule has 0 saturated carbocycles. The first kappa shape index (κ1) is 22.3. The first-order valence-corrected chi connectivity index (χ1v) is 11.2. The van der Waals surface area contributed by atoms with Crippen LogP contribution in [-0.2, 0) is 27.4 Å². The maximum atomic E-state index is 12.8. The van der Waals surface area contributed by atoms with Crippen molar-refractivity contribution in [1.82, 2.24) is 10.2 Å². The third-order valence-corrected chi connectivity index (χ3v) is 6.06. The van der Waals surface area contributed by atoms with E-state index in [9.17, 15) is 9.59 Å². The number of anilines is 1. The third-order valence-electron chi connectivity index (χ3n) is 6.06. The lowest BCUT2D eigenvalue weighted by atomic mass is 10.1. The van der Waals surface area contributed by atoms with Gasteiger partial charge >= 0.3 is 0 Å². The number of nitrogens with one attached hydrogen (secondary N) is 1. The molecule has 0 bridgehead atoms. The molecule has 2 aliphatic rings. The number of hydrogen-bond donors (Lipinski definition) is 1. The van der Waals surface area contributed by atoms with Crippen LogP contribution in [0.5, 0.6) is 5.75 Å². The van der Waals surface area contributed by atoms with Gasteiger partial charge in [-0.05, 0) is 30.2 Å². The van der Waals surface area contributed by atoms with Crippen LogP contribution in [0.4, 0.5) is 5.69 Å². The summed E-state index contributed by atoms with van der Waals surface area (Å²) in [6, 6.07) is 15.7. The van der Waals surface area contributed by atoms with E-state index in [-0.39, 0.29) is 30.3 Å². The van der Waals surface area contributed by atoms with E-state index in [4.69, 9.17) is 9.47 Å². The molecule has 0 radical (unpaired) electrons. The number of carbonyl (C=O) groups excluding carboxylic acids is 2. The second-order valence-electron chi connectivity index (χ2n) is 8.53. The smallest absolute Gasteiger partial charge is 0.227 e. The fraction of sp³-hybridized carbons (Fsp3) is 0.440. The van der Waals surface area contributed by atoms with Gasteiger partial charge in [0.05, 0.1) is 31.4 Å². The highest BCUT2D eigenvalue weighted by Crippen LogP contribution is 2.32. The number of morpholine rings is 1. The number of carbonyl (C=O) groups is 2. The van der Waals surface area contributed by atoms with Gasteiger partial charge in [-0.15, -0.1) is 0 Å². The molecular weight excluding hydrogens is 406 g/mol. The summed E-state index contributed by atoms with van der Waals surface area (Å²) in [4.78, 5) is 29.4. The first-order chi connectivity index (χ1) is 15.5. The number of benzene rings is 2. The quantitative estimate of drug-likeness (QED) is 0.721. The average molecular weight is 438 g/mol. The van der Waals surface area contributed by atoms with Crippen molar-refractivity contribution in [2.24, 2.45) is 5.92 Å². The first-order valence-electron chi connectivity index (χ1n) is 11.2. The zero-order chi connectivity index (χ0) is 22.5. The van der Waals surface area contributed by atoms with Gasteiger partial charge in [0.1, 0.15) is 5.75 Å². The minimum absolute atomic E-state index is 0.0589. The summed E-state index contributed by atoms with van der Waals surface area (Å²) < 4.78 is 11.0. The van der Waals surface area contributed by atoms with Crippen LogP contribution in [0.3, 0.4) is 0 Å². The topological polar surface area (TPSA) is 71.1 Å². The molecule has 2 heterocycles. The van der Waals surface area contributed by atoms with Crippen LogP contribution in [0, 0.1) is 5.92 Å². The highest BCUT2D eigenvalue weighted by Gasteiger charge is 2.36. The van der Waals surface area contributed by atoms with Gasteiger partial charge in [-0.2, -0.15) is 0 Å². The van der Waals surface area contributed by atoms with E-state index in [2.05, 4.69) is 29.3 Å². The van der Waals surface area contributed by atoms with Crippen molar-refractivity contribution in [2.45, 2.75) is 32.5 Å². The molecule has 2 saturated heterocycles. The molecule has 170 valence electrons. The zero-order valence-electron chi connectivity index (χ0n) is 18.8. The molecule has 2 atom stereocenters. The Morgan fingerprint density at radius 2 is 1.97 bits per heavy atom. The van der Waals surface area contributed by atoms with Crippen LogP contribution in [0.15, 0.2) is 48.5 Å². The molecule has 0 aromatic heterocycles. The van der Waals surface area contributed by atoms with E-state index in [1.807, 2.05) is 36.4 Å². The van der Waals surface area contributed by atoms with Crippen molar-refractivity contribution in [3.63, 3.8) is 0 Å². The lowest BCUT2D eigenvalue weighted by Crippen LogP contribution is -2.40. The number of para-hydroxylation sites is 2. The van der Waals surface area contributed by atoms with Gasteiger partial charge < -0.3 is 19.7 Å². The van der Waals surface area contributed by atoms with Gasteiger partial charge in [-0.3, -0.25) is 14.5 Å². The lowest BCUT2D eigenvalue weighted by Gasteiger charge is -2.31. The van der Waals surface area contributed by atoms with Gasteiger partial charge in [0.25, 0.3) is 0 Å². The van der Waals surface area contributed by atoms with Gasteiger partial charge in [0.15, 0.2) is 0 Å². The van der Waals surface area contributed by atoms with Crippen LogP contribution in [-0.4, -0.2) is 56.2 Å². The Bertz CT molecular complexity index is 964. The Kier molecular flexibility index (Phi) is 7.07. The van der Waals surface area contributed by atoms with Crippen molar-refractivity contribution in [3.05, 3.63) is 59.7 Å². The SMILES string of the molecule is COc1ccccc1N1C[C@@H](C(=O)NCc2cccc(CN3CCO[C@@H](C)C3)c2)CC1=O. The summed E-state index contributed by atoms with van der Waals surface area (Å²) >= 11 is 0. The number of nitrogens with zero attached hydrogens (tertiary/aromatic N) is 2. The summed E-state index contributed by atoms with van der Waals surface area (Å²) in [7, 11) is 1.58. The number of amides is 2. The predicted molar refractivity (Wildman–Crippen MR) is 122 cm³/mol. The van der Waals surface area contributed by atoms with Gasteiger partial charge in [-0.25, -0.2) is 0 Å². The normalized spacial score (nSPS) is 21.6. The van der Waals surface area contributed by atoms with Crippen LogP contribution in [0.2, 0.25) is 0 Å². The predicted octanol–water partition coefficient (Wildman–Crippen LogP) is 2.59. The second-order valence-corrected chi connectivity index (χ2v) is 8.53. The maximum Gasteiger partial charge on any atom is 0.227 e. The minimum atomic E-state index is -0.370. The third kappa shape index (κ3) is 5.29. The van der Waals surface area contributed by atoms with Crippen molar-refractivity contribution >= 4 is 17.5 Å². The Morgan fingerprint density at radius 3 is 2.78 bits per heavy atom. The average Bonchev–Trinajstić information content (AvgIpc) is 3.19. The second kappa shape index (κ2) is 10.1. The Labute approximate surface area is 189 Å². The molecule has 1 N–H and O–H groups in total. The summed E-state index contributed by atoms with van der Waals surface area (Å²) in [5, 5.41) is 3.02. The lowest BCUT2D eigenvalue weighted by molar-refractivity contribution is -0.126. The number of hydrogen-bond acceptors (Lipinski definition) is 5. The Hall–Kier alpha value is -2.90. The number of methoxy groups -OCH3 is 1. The number of rotatable bonds is 7. The Balaban J connectivity index is 1.32. The molecule has 0 unspecified atom stereocenters. The van der Waals surface area contributed by atoms with Crippen molar-refractivity contribution < 1.29 is 19.1 Å². The minimum Gasteiger partial charge on any atom is -0.495 e.